The summed E-state index contributed by atoms with van der Waals surface area (Å²) in [4.78, 5) is 0. The molecule has 1 saturated carbocycles. The van der Waals surface area contributed by atoms with Crippen molar-refractivity contribution in [2.45, 2.75) is 51.9 Å². The number of rotatable bonds is 6. The van der Waals surface area contributed by atoms with Crippen LogP contribution in [-0.2, 0) is 0 Å². The Hall–Kier alpha value is -1.64. The molecule has 0 amide bonds. The van der Waals surface area contributed by atoms with Crippen LogP contribution >= 0.6 is 0 Å². The Labute approximate surface area is 117 Å². The van der Waals surface area contributed by atoms with Gasteiger partial charge in [-0.1, -0.05) is 20.8 Å². The first-order valence-corrected chi connectivity index (χ1v) is 6.92. The van der Waals surface area contributed by atoms with Crippen LogP contribution < -0.4 is 5.32 Å². The van der Waals surface area contributed by atoms with E-state index in [1.54, 1.807) is 0 Å². The van der Waals surface area contributed by atoms with Gasteiger partial charge in [-0.2, -0.15) is 10.4 Å². The Kier molecular flexibility index (Phi) is 3.72. The van der Waals surface area contributed by atoms with Gasteiger partial charge in [0, 0.05) is 24.3 Å². The largest absolute Gasteiger partial charge is 0.367 e. The normalized spacial score (nSPS) is 16.0. The summed E-state index contributed by atoms with van der Waals surface area (Å²) in [5.74, 6) is -2.00. The molecule has 0 unspecified atom stereocenters. The lowest BCUT2D eigenvalue weighted by Crippen LogP contribution is -2.41. The van der Waals surface area contributed by atoms with Crippen molar-refractivity contribution in [1.82, 2.24) is 10.2 Å². The highest BCUT2D eigenvalue weighted by atomic mass is 19.3. The van der Waals surface area contributed by atoms with Crippen LogP contribution in [0.25, 0.3) is 0 Å². The molecule has 2 rings (SSSR count). The average Bonchev–Trinajstić information content (AvgIpc) is 3.16. The predicted octanol–water partition coefficient (Wildman–Crippen LogP) is 3.64. The van der Waals surface area contributed by atoms with Crippen molar-refractivity contribution >= 4 is 5.82 Å². The van der Waals surface area contributed by atoms with E-state index < -0.39 is 11.3 Å². The molecule has 0 bridgehead atoms. The average molecular weight is 282 g/mol. The van der Waals surface area contributed by atoms with E-state index in [2.05, 4.69) is 21.6 Å². The Morgan fingerprint density at radius 2 is 2.10 bits per heavy atom. The SMILES string of the molecule is CCC(F)(F)C(C)(C)CNc1n[nH]c(C2CC2)c1C#N. The molecule has 0 saturated heterocycles. The van der Waals surface area contributed by atoms with Crippen LogP contribution in [0.15, 0.2) is 0 Å². The standard InChI is InChI=1S/C14H20F2N4/c1-4-14(15,16)13(2,3)8-18-12-10(7-17)11(19-20-12)9-5-6-9/h9H,4-6,8H2,1-3H3,(H2,18,19,20). The van der Waals surface area contributed by atoms with Gasteiger partial charge in [0.2, 0.25) is 0 Å². The third-order valence-corrected chi connectivity index (χ3v) is 4.02. The summed E-state index contributed by atoms with van der Waals surface area (Å²) in [7, 11) is 0. The first kappa shape index (κ1) is 14.8. The van der Waals surface area contributed by atoms with E-state index in [1.807, 2.05) is 0 Å². The maximum atomic E-state index is 13.8. The molecule has 2 N–H and O–H groups in total. The topological polar surface area (TPSA) is 64.5 Å². The maximum absolute atomic E-state index is 13.8. The van der Waals surface area contributed by atoms with Crippen molar-refractivity contribution in [2.75, 3.05) is 11.9 Å². The zero-order chi connectivity index (χ0) is 15.0. The second-order valence-electron chi connectivity index (χ2n) is 6.04. The molecule has 0 aromatic carbocycles. The number of hydrogen-bond acceptors (Lipinski definition) is 3. The fourth-order valence-electron chi connectivity index (χ4n) is 2.18. The van der Waals surface area contributed by atoms with Crippen LogP contribution in [0.1, 0.15) is 57.2 Å². The van der Waals surface area contributed by atoms with E-state index in [0.717, 1.165) is 18.5 Å². The van der Waals surface area contributed by atoms with Crippen molar-refractivity contribution in [2.24, 2.45) is 5.41 Å². The summed E-state index contributed by atoms with van der Waals surface area (Å²) >= 11 is 0. The molecule has 1 fully saturated rings. The highest BCUT2D eigenvalue weighted by Crippen LogP contribution is 2.42. The first-order valence-electron chi connectivity index (χ1n) is 6.92. The van der Waals surface area contributed by atoms with Crippen LogP contribution in [0, 0.1) is 16.7 Å². The van der Waals surface area contributed by atoms with Crippen LogP contribution in [0.3, 0.4) is 0 Å². The van der Waals surface area contributed by atoms with Crippen molar-refractivity contribution in [3.63, 3.8) is 0 Å². The third-order valence-electron chi connectivity index (χ3n) is 4.02. The number of anilines is 1. The van der Waals surface area contributed by atoms with E-state index in [-0.39, 0.29) is 13.0 Å². The molecule has 0 spiro atoms. The van der Waals surface area contributed by atoms with Crippen LogP contribution in [0.2, 0.25) is 0 Å². The zero-order valence-electron chi connectivity index (χ0n) is 12.1. The molecule has 4 nitrogen and oxygen atoms in total. The van der Waals surface area contributed by atoms with Crippen molar-refractivity contribution in [3.05, 3.63) is 11.3 Å². The first-order chi connectivity index (χ1) is 9.32. The molecule has 6 heteroatoms. The molecule has 20 heavy (non-hydrogen) atoms. The minimum Gasteiger partial charge on any atom is -0.367 e. The van der Waals surface area contributed by atoms with E-state index >= 15 is 0 Å². The fraction of sp³-hybridized carbons (Fsp3) is 0.714. The summed E-state index contributed by atoms with van der Waals surface area (Å²) in [6.07, 6.45) is 1.89. The molecule has 110 valence electrons. The lowest BCUT2D eigenvalue weighted by Gasteiger charge is -2.33. The molecule has 1 aromatic rings. The lowest BCUT2D eigenvalue weighted by atomic mass is 9.84. The molecular weight excluding hydrogens is 262 g/mol. The van der Waals surface area contributed by atoms with E-state index in [9.17, 15) is 14.0 Å². The lowest BCUT2D eigenvalue weighted by molar-refractivity contribution is -0.101. The summed E-state index contributed by atoms with van der Waals surface area (Å²) in [6, 6.07) is 2.11. The van der Waals surface area contributed by atoms with Gasteiger partial charge < -0.3 is 5.32 Å². The van der Waals surface area contributed by atoms with Crippen LogP contribution in [0.4, 0.5) is 14.6 Å². The van der Waals surface area contributed by atoms with Gasteiger partial charge in [-0.25, -0.2) is 8.78 Å². The number of halogens is 2. The number of nitriles is 1. The Balaban J connectivity index is 2.10. The monoisotopic (exact) mass is 282 g/mol. The quantitative estimate of drug-likeness (QED) is 0.837. The number of hydrogen-bond donors (Lipinski definition) is 2. The van der Waals surface area contributed by atoms with E-state index in [4.69, 9.17) is 0 Å². The number of H-pyrrole nitrogens is 1. The molecule has 1 heterocycles. The van der Waals surface area contributed by atoms with Gasteiger partial charge in [-0.15, -0.1) is 0 Å². The molecule has 1 aliphatic rings. The van der Waals surface area contributed by atoms with Gasteiger partial charge in [-0.05, 0) is 12.8 Å². The van der Waals surface area contributed by atoms with Crippen molar-refractivity contribution in [3.8, 4) is 6.07 Å². The number of nitrogens with zero attached hydrogens (tertiary/aromatic N) is 2. The van der Waals surface area contributed by atoms with Gasteiger partial charge >= 0.3 is 0 Å². The van der Waals surface area contributed by atoms with E-state index in [1.165, 1.54) is 20.8 Å². The summed E-state index contributed by atoms with van der Waals surface area (Å²) in [6.45, 7) is 4.58. The molecule has 1 aliphatic carbocycles. The fourth-order valence-corrected chi connectivity index (χ4v) is 2.18. The van der Waals surface area contributed by atoms with E-state index in [0.29, 0.717) is 17.3 Å². The second-order valence-corrected chi connectivity index (χ2v) is 6.04. The Bertz CT molecular complexity index is 524. The molecule has 1 aromatic heterocycles. The zero-order valence-corrected chi connectivity index (χ0v) is 12.1. The number of aromatic amines is 1. The minimum absolute atomic E-state index is 0.0669. The molecule has 0 aliphatic heterocycles. The van der Waals surface area contributed by atoms with Crippen LogP contribution in [-0.4, -0.2) is 22.7 Å². The highest BCUT2D eigenvalue weighted by Gasteiger charge is 2.44. The van der Waals surface area contributed by atoms with Gasteiger partial charge in [-0.3, -0.25) is 5.10 Å². The van der Waals surface area contributed by atoms with Crippen molar-refractivity contribution in [1.29, 1.82) is 5.26 Å². The van der Waals surface area contributed by atoms with Gasteiger partial charge in [0.15, 0.2) is 5.82 Å². The molecule has 0 radical (unpaired) electrons. The van der Waals surface area contributed by atoms with Gasteiger partial charge in [0.1, 0.15) is 11.6 Å². The number of alkyl halides is 2. The molecule has 0 atom stereocenters. The Morgan fingerprint density at radius 1 is 1.45 bits per heavy atom. The summed E-state index contributed by atoms with van der Waals surface area (Å²) < 4.78 is 27.7. The summed E-state index contributed by atoms with van der Waals surface area (Å²) in [5.41, 5.74) is 0.0888. The van der Waals surface area contributed by atoms with Crippen LogP contribution in [0.5, 0.6) is 0 Å². The second kappa shape index (κ2) is 5.04. The predicted molar refractivity (Wildman–Crippen MR) is 72.8 cm³/mol. The number of aromatic nitrogens is 2. The van der Waals surface area contributed by atoms with Gasteiger partial charge in [0.05, 0.1) is 5.69 Å². The smallest absolute Gasteiger partial charge is 0.254 e. The Morgan fingerprint density at radius 3 is 2.60 bits per heavy atom. The molecular formula is C14H20F2N4. The summed E-state index contributed by atoms with van der Waals surface area (Å²) in [5, 5.41) is 19.0. The van der Waals surface area contributed by atoms with Gasteiger partial charge in [0.25, 0.3) is 5.92 Å². The third kappa shape index (κ3) is 2.62. The number of nitrogens with one attached hydrogen (secondary N) is 2. The highest BCUT2D eigenvalue weighted by molar-refractivity contribution is 5.56. The minimum atomic E-state index is -2.76. The van der Waals surface area contributed by atoms with Crippen molar-refractivity contribution < 1.29 is 8.78 Å². The maximum Gasteiger partial charge on any atom is 0.254 e.